The first-order valence-electron chi connectivity index (χ1n) is 8.95. The van der Waals surface area contributed by atoms with E-state index in [4.69, 9.17) is 5.11 Å². The lowest BCUT2D eigenvalue weighted by atomic mass is 10.1. The Morgan fingerprint density at radius 3 is 2.54 bits per heavy atom. The van der Waals surface area contributed by atoms with Gasteiger partial charge in [0.1, 0.15) is 11.5 Å². The average Bonchev–Trinajstić information content (AvgIpc) is 2.94. The third-order valence-corrected chi connectivity index (χ3v) is 4.61. The van der Waals surface area contributed by atoms with E-state index in [1.807, 2.05) is 0 Å². The van der Waals surface area contributed by atoms with Crippen LogP contribution in [0.25, 0.3) is 0 Å². The van der Waals surface area contributed by atoms with Gasteiger partial charge in [-0.25, -0.2) is 14.2 Å². The van der Waals surface area contributed by atoms with E-state index in [2.05, 4.69) is 4.98 Å². The molecule has 0 unspecified atom stereocenters. The lowest BCUT2D eigenvalue weighted by molar-refractivity contribution is -0.130. The maximum absolute atomic E-state index is 13.3. The number of hydrogen-bond donors (Lipinski definition) is 1. The standard InChI is InChI=1S/C20H20FN3O4/c21-16-4-1-3-14(11-16)12-18(25)23-7-2-8-24(10-9-23)19(26)15-5-6-22-17(13-15)20(27)28/h1,3-6,11,13H,2,7-10,12H2,(H,27,28). The van der Waals surface area contributed by atoms with E-state index in [9.17, 15) is 18.8 Å². The first-order chi connectivity index (χ1) is 13.4. The van der Waals surface area contributed by atoms with Crippen molar-refractivity contribution < 1.29 is 23.9 Å². The summed E-state index contributed by atoms with van der Waals surface area (Å²) in [5, 5.41) is 9.03. The number of carbonyl (C=O) groups is 3. The van der Waals surface area contributed by atoms with Crippen LogP contribution in [0.4, 0.5) is 4.39 Å². The zero-order chi connectivity index (χ0) is 20.1. The number of carbonyl (C=O) groups excluding carboxylic acids is 2. The second-order valence-corrected chi connectivity index (χ2v) is 6.57. The molecule has 0 aliphatic carbocycles. The molecule has 0 atom stereocenters. The number of carboxylic acid groups (broad SMARTS) is 1. The third kappa shape index (κ3) is 4.70. The Balaban J connectivity index is 1.62. The van der Waals surface area contributed by atoms with Crippen LogP contribution in [-0.4, -0.2) is 63.9 Å². The number of aromatic nitrogens is 1. The van der Waals surface area contributed by atoms with Gasteiger partial charge < -0.3 is 14.9 Å². The highest BCUT2D eigenvalue weighted by molar-refractivity contribution is 5.96. The van der Waals surface area contributed by atoms with Crippen molar-refractivity contribution in [2.75, 3.05) is 26.2 Å². The molecule has 2 heterocycles. The minimum absolute atomic E-state index is 0.109. The molecule has 28 heavy (non-hydrogen) atoms. The molecule has 1 aromatic heterocycles. The molecule has 1 fully saturated rings. The topological polar surface area (TPSA) is 90.8 Å². The second kappa shape index (κ2) is 8.60. The Labute approximate surface area is 161 Å². The molecule has 1 aromatic carbocycles. The predicted molar refractivity (Wildman–Crippen MR) is 98.4 cm³/mol. The Kier molecular flexibility index (Phi) is 5.98. The van der Waals surface area contributed by atoms with Crippen LogP contribution in [0.5, 0.6) is 0 Å². The minimum atomic E-state index is -1.19. The van der Waals surface area contributed by atoms with Crippen molar-refractivity contribution in [1.29, 1.82) is 0 Å². The highest BCUT2D eigenvalue weighted by Gasteiger charge is 2.23. The molecular weight excluding hydrogens is 365 g/mol. The van der Waals surface area contributed by atoms with E-state index < -0.39 is 5.97 Å². The van der Waals surface area contributed by atoms with Gasteiger partial charge in [0.25, 0.3) is 5.91 Å². The van der Waals surface area contributed by atoms with E-state index in [1.54, 1.807) is 21.9 Å². The van der Waals surface area contributed by atoms with Crippen molar-refractivity contribution in [3.63, 3.8) is 0 Å². The van der Waals surface area contributed by atoms with Gasteiger partial charge in [-0.05, 0) is 36.2 Å². The zero-order valence-corrected chi connectivity index (χ0v) is 15.2. The van der Waals surface area contributed by atoms with Gasteiger partial charge in [0.05, 0.1) is 6.42 Å². The molecule has 2 amide bonds. The highest BCUT2D eigenvalue weighted by Crippen LogP contribution is 2.12. The van der Waals surface area contributed by atoms with Gasteiger partial charge in [-0.1, -0.05) is 12.1 Å². The molecule has 8 heteroatoms. The number of hydrogen-bond acceptors (Lipinski definition) is 4. The largest absolute Gasteiger partial charge is 0.477 e. The number of rotatable bonds is 4. The Morgan fingerprint density at radius 2 is 1.79 bits per heavy atom. The van der Waals surface area contributed by atoms with Crippen molar-refractivity contribution in [3.05, 3.63) is 65.2 Å². The Morgan fingerprint density at radius 1 is 1.04 bits per heavy atom. The summed E-state index contributed by atoms with van der Waals surface area (Å²) in [6.07, 6.45) is 2.01. The lowest BCUT2D eigenvalue weighted by Crippen LogP contribution is -2.38. The molecule has 7 nitrogen and oxygen atoms in total. The zero-order valence-electron chi connectivity index (χ0n) is 15.2. The summed E-state index contributed by atoms with van der Waals surface area (Å²) >= 11 is 0. The summed E-state index contributed by atoms with van der Waals surface area (Å²) in [6.45, 7) is 1.69. The first kappa shape index (κ1) is 19.5. The number of aromatic carboxylic acids is 1. The third-order valence-electron chi connectivity index (χ3n) is 4.61. The SMILES string of the molecule is O=C(O)c1cc(C(=O)N2CCCN(C(=O)Cc3cccc(F)c3)CC2)ccn1. The highest BCUT2D eigenvalue weighted by atomic mass is 19.1. The van der Waals surface area contributed by atoms with Crippen molar-refractivity contribution in [2.45, 2.75) is 12.8 Å². The number of pyridine rings is 1. The molecule has 0 saturated carbocycles. The quantitative estimate of drug-likeness (QED) is 0.867. The van der Waals surface area contributed by atoms with Gasteiger partial charge in [0.15, 0.2) is 0 Å². The number of carboxylic acids is 1. The molecular formula is C20H20FN3O4. The molecule has 0 bridgehead atoms. The fourth-order valence-corrected chi connectivity index (χ4v) is 3.17. The molecule has 3 rings (SSSR count). The summed E-state index contributed by atoms with van der Waals surface area (Å²) in [6, 6.07) is 8.68. The van der Waals surface area contributed by atoms with E-state index >= 15 is 0 Å². The molecule has 0 spiro atoms. The Hall–Kier alpha value is -3.29. The summed E-state index contributed by atoms with van der Waals surface area (Å²) in [5.41, 5.74) is 0.680. The van der Waals surface area contributed by atoms with Crippen LogP contribution in [-0.2, 0) is 11.2 Å². The molecule has 0 radical (unpaired) electrons. The van der Waals surface area contributed by atoms with E-state index in [-0.39, 0.29) is 35.3 Å². The van der Waals surface area contributed by atoms with Gasteiger partial charge >= 0.3 is 5.97 Å². The Bertz CT molecular complexity index is 903. The smallest absolute Gasteiger partial charge is 0.354 e. The molecule has 1 aliphatic rings. The van der Waals surface area contributed by atoms with Crippen molar-refractivity contribution >= 4 is 17.8 Å². The normalized spacial score (nSPS) is 14.5. The number of halogens is 1. The van der Waals surface area contributed by atoms with Gasteiger partial charge in [-0.3, -0.25) is 9.59 Å². The van der Waals surface area contributed by atoms with Crippen LogP contribution < -0.4 is 0 Å². The molecule has 2 aromatic rings. The van der Waals surface area contributed by atoms with Crippen LogP contribution in [0.3, 0.4) is 0 Å². The fraction of sp³-hybridized carbons (Fsp3) is 0.300. The van der Waals surface area contributed by atoms with Gasteiger partial charge in [-0.15, -0.1) is 0 Å². The van der Waals surface area contributed by atoms with Gasteiger partial charge in [-0.2, -0.15) is 0 Å². The van der Waals surface area contributed by atoms with Crippen LogP contribution in [0.2, 0.25) is 0 Å². The second-order valence-electron chi connectivity index (χ2n) is 6.57. The van der Waals surface area contributed by atoms with E-state index in [1.165, 1.54) is 30.5 Å². The van der Waals surface area contributed by atoms with E-state index in [0.717, 1.165) is 0 Å². The maximum atomic E-state index is 13.3. The summed E-state index contributed by atoms with van der Waals surface area (Å²) in [7, 11) is 0. The predicted octanol–water partition coefficient (Wildman–Crippen LogP) is 1.84. The number of benzene rings is 1. The first-order valence-corrected chi connectivity index (χ1v) is 8.95. The molecule has 1 saturated heterocycles. The monoisotopic (exact) mass is 385 g/mol. The van der Waals surface area contributed by atoms with Gasteiger partial charge in [0.2, 0.25) is 5.91 Å². The molecule has 146 valence electrons. The van der Waals surface area contributed by atoms with Crippen molar-refractivity contribution in [3.8, 4) is 0 Å². The van der Waals surface area contributed by atoms with E-state index in [0.29, 0.717) is 38.2 Å². The summed E-state index contributed by atoms with van der Waals surface area (Å²) in [4.78, 5) is 43.3. The number of amides is 2. The van der Waals surface area contributed by atoms with Crippen LogP contribution in [0.15, 0.2) is 42.6 Å². The lowest BCUT2D eigenvalue weighted by Gasteiger charge is -2.22. The van der Waals surface area contributed by atoms with Crippen LogP contribution in [0, 0.1) is 5.82 Å². The molecule has 1 N–H and O–H groups in total. The minimum Gasteiger partial charge on any atom is -0.477 e. The van der Waals surface area contributed by atoms with Gasteiger partial charge in [0, 0.05) is 37.9 Å². The van der Waals surface area contributed by atoms with Crippen molar-refractivity contribution in [1.82, 2.24) is 14.8 Å². The number of nitrogens with zero attached hydrogens (tertiary/aromatic N) is 3. The molecule has 1 aliphatic heterocycles. The average molecular weight is 385 g/mol. The van der Waals surface area contributed by atoms with Crippen molar-refractivity contribution in [2.24, 2.45) is 0 Å². The maximum Gasteiger partial charge on any atom is 0.354 e. The fourth-order valence-electron chi connectivity index (χ4n) is 3.17. The summed E-state index contributed by atoms with van der Waals surface area (Å²) in [5.74, 6) is -1.98. The van der Waals surface area contributed by atoms with Crippen LogP contribution >= 0.6 is 0 Å². The summed E-state index contributed by atoms with van der Waals surface area (Å²) < 4.78 is 13.3. The van der Waals surface area contributed by atoms with Crippen LogP contribution in [0.1, 0.15) is 32.8 Å².